The van der Waals surface area contributed by atoms with E-state index in [0.29, 0.717) is 17.9 Å². The molecule has 0 aliphatic rings. The van der Waals surface area contributed by atoms with Gasteiger partial charge < -0.3 is 9.64 Å². The lowest BCUT2D eigenvalue weighted by atomic mass is 10.2. The van der Waals surface area contributed by atoms with Crippen molar-refractivity contribution in [2.75, 3.05) is 24.6 Å². The van der Waals surface area contributed by atoms with Crippen molar-refractivity contribution in [3.05, 3.63) is 23.8 Å². The van der Waals surface area contributed by atoms with Crippen LogP contribution in [0.5, 0.6) is 5.75 Å². The molecule has 1 rings (SSSR count). The summed E-state index contributed by atoms with van der Waals surface area (Å²) in [5.41, 5.74) is 1.72. The summed E-state index contributed by atoms with van der Waals surface area (Å²) >= 11 is 0. The number of ether oxygens (including phenoxy) is 1. The first kappa shape index (κ1) is 13.6. The number of carbonyl (C=O) groups excluding carboxylic acids is 1. The Morgan fingerprint density at radius 2 is 1.94 bits per heavy atom. The average Bonchev–Trinajstić information content (AvgIpc) is 2.38. The summed E-state index contributed by atoms with van der Waals surface area (Å²) in [6, 6.07) is 5.74. The second-order valence-electron chi connectivity index (χ2n) is 3.86. The van der Waals surface area contributed by atoms with E-state index in [2.05, 4.69) is 25.7 Å². The minimum absolute atomic E-state index is 0.620. The smallest absolute Gasteiger partial charge is 0.153 e. The largest absolute Gasteiger partial charge is 0.493 e. The lowest BCUT2D eigenvalue weighted by Crippen LogP contribution is -2.21. The molecule has 1 aromatic carbocycles. The molecule has 0 N–H and O–H groups in total. The molecule has 0 aliphatic heterocycles. The monoisotopic (exact) mass is 235 g/mol. The molecule has 0 aromatic heterocycles. The molecular weight excluding hydrogens is 214 g/mol. The van der Waals surface area contributed by atoms with Crippen molar-refractivity contribution < 1.29 is 9.53 Å². The fraction of sp³-hybridized carbons (Fsp3) is 0.500. The zero-order valence-electron chi connectivity index (χ0n) is 10.9. The summed E-state index contributed by atoms with van der Waals surface area (Å²) in [4.78, 5) is 13.1. The third-order valence-electron chi connectivity index (χ3n) is 2.71. The molecule has 3 heteroatoms. The number of nitrogens with zero attached hydrogens (tertiary/aromatic N) is 1. The van der Waals surface area contributed by atoms with Crippen LogP contribution in [0.15, 0.2) is 18.2 Å². The first-order chi connectivity index (χ1) is 8.26. The fourth-order valence-electron chi connectivity index (χ4n) is 1.74. The van der Waals surface area contributed by atoms with E-state index < -0.39 is 0 Å². The van der Waals surface area contributed by atoms with Crippen LogP contribution >= 0.6 is 0 Å². The van der Waals surface area contributed by atoms with Gasteiger partial charge in [0, 0.05) is 24.8 Å². The Morgan fingerprint density at radius 3 is 2.47 bits per heavy atom. The zero-order chi connectivity index (χ0) is 12.7. The van der Waals surface area contributed by atoms with Crippen LogP contribution in [0, 0.1) is 0 Å². The standard InChI is InChI=1S/C14H21NO2/c1-4-9-17-14-10-13(15(5-2)6-3)8-7-12(14)11-16/h7-8,10-11H,4-6,9H2,1-3H3. The summed E-state index contributed by atoms with van der Waals surface area (Å²) in [5.74, 6) is 0.686. The van der Waals surface area contributed by atoms with Crippen LogP contribution in [0.4, 0.5) is 5.69 Å². The summed E-state index contributed by atoms with van der Waals surface area (Å²) in [6.07, 6.45) is 1.78. The van der Waals surface area contributed by atoms with Gasteiger partial charge in [0.2, 0.25) is 0 Å². The molecule has 0 radical (unpaired) electrons. The van der Waals surface area contributed by atoms with Crippen molar-refractivity contribution in [3.63, 3.8) is 0 Å². The lowest BCUT2D eigenvalue weighted by Gasteiger charge is -2.22. The molecule has 3 nitrogen and oxygen atoms in total. The van der Waals surface area contributed by atoms with Gasteiger partial charge in [0.25, 0.3) is 0 Å². The highest BCUT2D eigenvalue weighted by Crippen LogP contribution is 2.25. The van der Waals surface area contributed by atoms with Gasteiger partial charge in [0.05, 0.1) is 12.2 Å². The zero-order valence-corrected chi connectivity index (χ0v) is 10.9. The van der Waals surface area contributed by atoms with Gasteiger partial charge in [-0.1, -0.05) is 6.92 Å². The Morgan fingerprint density at radius 1 is 1.24 bits per heavy atom. The van der Waals surface area contributed by atoms with Gasteiger partial charge in [-0.05, 0) is 32.4 Å². The third-order valence-corrected chi connectivity index (χ3v) is 2.71. The quantitative estimate of drug-likeness (QED) is 0.680. The van der Waals surface area contributed by atoms with Crippen molar-refractivity contribution in [1.82, 2.24) is 0 Å². The second kappa shape index (κ2) is 6.94. The average molecular weight is 235 g/mol. The maximum atomic E-state index is 10.9. The molecule has 17 heavy (non-hydrogen) atoms. The van der Waals surface area contributed by atoms with E-state index in [1.54, 1.807) is 0 Å². The van der Waals surface area contributed by atoms with Gasteiger partial charge in [-0.2, -0.15) is 0 Å². The molecule has 1 aromatic rings. The predicted octanol–water partition coefficient (Wildman–Crippen LogP) is 3.13. The molecule has 0 saturated carbocycles. The summed E-state index contributed by atoms with van der Waals surface area (Å²) in [6.45, 7) is 8.82. The molecule has 0 amide bonds. The van der Waals surface area contributed by atoms with Crippen LogP contribution in [0.2, 0.25) is 0 Å². The normalized spacial score (nSPS) is 10.1. The van der Waals surface area contributed by atoms with Gasteiger partial charge in [0.15, 0.2) is 6.29 Å². The van der Waals surface area contributed by atoms with Gasteiger partial charge in [0.1, 0.15) is 5.75 Å². The van der Waals surface area contributed by atoms with Gasteiger partial charge in [-0.25, -0.2) is 0 Å². The maximum Gasteiger partial charge on any atom is 0.153 e. The SMILES string of the molecule is CCCOc1cc(N(CC)CC)ccc1C=O. The minimum Gasteiger partial charge on any atom is -0.493 e. The first-order valence-electron chi connectivity index (χ1n) is 6.23. The molecule has 0 bridgehead atoms. The van der Waals surface area contributed by atoms with E-state index >= 15 is 0 Å². The topological polar surface area (TPSA) is 29.5 Å². The highest BCUT2D eigenvalue weighted by molar-refractivity contribution is 5.80. The Kier molecular flexibility index (Phi) is 5.53. The van der Waals surface area contributed by atoms with Gasteiger partial charge in [-0.15, -0.1) is 0 Å². The number of hydrogen-bond donors (Lipinski definition) is 0. The van der Waals surface area contributed by atoms with Crippen molar-refractivity contribution in [2.24, 2.45) is 0 Å². The number of rotatable bonds is 7. The molecule has 0 fully saturated rings. The van der Waals surface area contributed by atoms with E-state index in [1.807, 2.05) is 18.2 Å². The highest BCUT2D eigenvalue weighted by atomic mass is 16.5. The number of anilines is 1. The van der Waals surface area contributed by atoms with E-state index in [9.17, 15) is 4.79 Å². The predicted molar refractivity (Wildman–Crippen MR) is 71.2 cm³/mol. The molecule has 0 atom stereocenters. The van der Waals surface area contributed by atoms with E-state index in [0.717, 1.165) is 31.5 Å². The molecule has 0 heterocycles. The third kappa shape index (κ3) is 3.48. The summed E-state index contributed by atoms with van der Waals surface area (Å²) < 4.78 is 5.60. The van der Waals surface area contributed by atoms with Crippen LogP contribution in [-0.4, -0.2) is 26.0 Å². The van der Waals surface area contributed by atoms with Crippen LogP contribution in [-0.2, 0) is 0 Å². The number of benzene rings is 1. The van der Waals surface area contributed by atoms with Crippen LogP contribution in [0.25, 0.3) is 0 Å². The number of hydrogen-bond acceptors (Lipinski definition) is 3. The molecule has 0 unspecified atom stereocenters. The molecular formula is C14H21NO2. The van der Waals surface area contributed by atoms with Crippen molar-refractivity contribution in [1.29, 1.82) is 0 Å². The van der Waals surface area contributed by atoms with Crippen LogP contribution in [0.3, 0.4) is 0 Å². The number of carbonyl (C=O) groups is 1. The fourth-order valence-corrected chi connectivity index (χ4v) is 1.74. The highest BCUT2D eigenvalue weighted by Gasteiger charge is 2.07. The van der Waals surface area contributed by atoms with Crippen molar-refractivity contribution in [2.45, 2.75) is 27.2 Å². The Balaban J connectivity index is 2.98. The van der Waals surface area contributed by atoms with E-state index in [1.165, 1.54) is 0 Å². The molecule has 94 valence electrons. The molecule has 0 aliphatic carbocycles. The summed E-state index contributed by atoms with van der Waals surface area (Å²) in [5, 5.41) is 0. The maximum absolute atomic E-state index is 10.9. The van der Waals surface area contributed by atoms with Crippen molar-refractivity contribution >= 4 is 12.0 Å². The van der Waals surface area contributed by atoms with Gasteiger partial charge >= 0.3 is 0 Å². The molecule has 0 spiro atoms. The lowest BCUT2D eigenvalue weighted by molar-refractivity contribution is 0.111. The van der Waals surface area contributed by atoms with E-state index in [4.69, 9.17) is 4.74 Å². The minimum atomic E-state index is 0.620. The van der Waals surface area contributed by atoms with E-state index in [-0.39, 0.29) is 0 Å². The second-order valence-corrected chi connectivity index (χ2v) is 3.86. The Bertz CT molecular complexity index is 359. The van der Waals surface area contributed by atoms with Gasteiger partial charge in [-0.3, -0.25) is 4.79 Å². The Labute approximate surface area is 103 Å². The number of aldehydes is 1. The van der Waals surface area contributed by atoms with Crippen LogP contribution in [0.1, 0.15) is 37.6 Å². The first-order valence-corrected chi connectivity index (χ1v) is 6.23. The molecule has 0 saturated heterocycles. The van der Waals surface area contributed by atoms with Crippen LogP contribution < -0.4 is 9.64 Å². The Hall–Kier alpha value is -1.51. The van der Waals surface area contributed by atoms with Crippen molar-refractivity contribution in [3.8, 4) is 5.75 Å². The summed E-state index contributed by atoms with van der Waals surface area (Å²) in [7, 11) is 0.